The van der Waals surface area contributed by atoms with Gasteiger partial charge < -0.3 is 15.2 Å². The first kappa shape index (κ1) is 19.2. The summed E-state index contributed by atoms with van der Waals surface area (Å²) in [5, 5.41) is 10.7. The summed E-state index contributed by atoms with van der Waals surface area (Å²) >= 11 is 6.19. The van der Waals surface area contributed by atoms with E-state index in [-0.39, 0.29) is 11.2 Å². The number of benzene rings is 1. The number of aromatic nitrogens is 2. The van der Waals surface area contributed by atoms with E-state index in [9.17, 15) is 4.39 Å². The van der Waals surface area contributed by atoms with Gasteiger partial charge in [-0.25, -0.2) is 9.38 Å². The molecular formula is C17H23ClFN5O. The van der Waals surface area contributed by atoms with Gasteiger partial charge in [-0.1, -0.05) is 36.7 Å². The molecule has 1 heterocycles. The Morgan fingerprint density at radius 2 is 2.12 bits per heavy atom. The molecular weight excluding hydrogens is 345 g/mol. The lowest BCUT2D eigenvalue weighted by atomic mass is 9.84. The Kier molecular flexibility index (Phi) is 6.36. The molecule has 0 saturated heterocycles. The fourth-order valence-corrected chi connectivity index (χ4v) is 2.76. The monoisotopic (exact) mass is 367 g/mol. The van der Waals surface area contributed by atoms with E-state index in [0.29, 0.717) is 35.8 Å². The minimum Gasteiger partial charge on any atom is -0.357 e. The second-order valence-electron chi connectivity index (χ2n) is 6.29. The lowest BCUT2D eigenvalue weighted by Crippen LogP contribution is -2.43. The van der Waals surface area contributed by atoms with Gasteiger partial charge in [0.25, 0.3) is 0 Å². The average molecular weight is 368 g/mol. The average Bonchev–Trinajstić information content (AvgIpc) is 2.95. The Labute approximate surface area is 151 Å². The van der Waals surface area contributed by atoms with E-state index < -0.39 is 0 Å². The summed E-state index contributed by atoms with van der Waals surface area (Å²) in [6.07, 6.45) is 0. The summed E-state index contributed by atoms with van der Waals surface area (Å²) in [5.74, 6) is 1.32. The first-order chi connectivity index (χ1) is 11.8. The smallest absolute Gasteiger partial charge is 0.223 e. The molecule has 0 aliphatic rings. The van der Waals surface area contributed by atoms with Crippen LogP contribution in [0.1, 0.15) is 38.0 Å². The Morgan fingerprint density at radius 1 is 1.36 bits per heavy atom. The van der Waals surface area contributed by atoms with Crippen LogP contribution in [0, 0.1) is 12.7 Å². The van der Waals surface area contributed by atoms with Crippen molar-refractivity contribution in [2.24, 2.45) is 4.99 Å². The molecule has 0 bridgehead atoms. The quantitative estimate of drug-likeness (QED) is 0.605. The number of halogens is 2. The zero-order valence-electron chi connectivity index (χ0n) is 14.9. The van der Waals surface area contributed by atoms with E-state index in [1.165, 1.54) is 12.1 Å². The zero-order valence-corrected chi connectivity index (χ0v) is 15.6. The Morgan fingerprint density at radius 3 is 2.72 bits per heavy atom. The molecule has 2 N–H and O–H groups in total. The van der Waals surface area contributed by atoms with Gasteiger partial charge in [0.05, 0.1) is 0 Å². The number of nitrogens with zero attached hydrogens (tertiary/aromatic N) is 3. The van der Waals surface area contributed by atoms with Crippen LogP contribution in [0.5, 0.6) is 0 Å². The highest BCUT2D eigenvalue weighted by atomic mass is 35.5. The predicted molar refractivity (Wildman–Crippen MR) is 96.3 cm³/mol. The molecule has 1 aromatic carbocycles. The maximum absolute atomic E-state index is 13.3. The van der Waals surface area contributed by atoms with Gasteiger partial charge in [-0.15, -0.1) is 0 Å². The molecule has 2 aromatic rings. The fraction of sp³-hybridized carbons (Fsp3) is 0.471. The van der Waals surface area contributed by atoms with Gasteiger partial charge in [-0.3, -0.25) is 0 Å². The van der Waals surface area contributed by atoms with E-state index in [1.807, 2.05) is 20.8 Å². The Balaban J connectivity index is 2.05. The second-order valence-corrected chi connectivity index (χ2v) is 6.69. The second kappa shape index (κ2) is 8.29. The summed E-state index contributed by atoms with van der Waals surface area (Å²) < 4.78 is 18.2. The van der Waals surface area contributed by atoms with Crippen molar-refractivity contribution < 1.29 is 8.91 Å². The van der Waals surface area contributed by atoms with Crippen molar-refractivity contribution in [3.05, 3.63) is 46.3 Å². The third-order valence-corrected chi connectivity index (χ3v) is 3.96. The summed E-state index contributed by atoms with van der Waals surface area (Å²) in [7, 11) is 0. The third-order valence-electron chi connectivity index (χ3n) is 3.65. The Bertz CT molecular complexity index is 744. The first-order valence-electron chi connectivity index (χ1n) is 8.08. The van der Waals surface area contributed by atoms with Crippen LogP contribution in [-0.4, -0.2) is 29.2 Å². The standard InChI is InChI=1S/C17H23ClFN5O/c1-5-20-16(21-9-15-23-11(2)25-24-15)22-10-17(3,4)13-7-6-12(19)8-14(13)18/h6-8H,5,9-10H2,1-4H3,(H2,20,21,22). The van der Waals surface area contributed by atoms with E-state index in [0.717, 1.165) is 12.1 Å². The zero-order chi connectivity index (χ0) is 18.4. The molecule has 0 fully saturated rings. The predicted octanol–water partition coefficient (Wildman–Crippen LogP) is 3.20. The van der Waals surface area contributed by atoms with Gasteiger partial charge >= 0.3 is 0 Å². The van der Waals surface area contributed by atoms with Crippen LogP contribution in [0.15, 0.2) is 27.7 Å². The van der Waals surface area contributed by atoms with E-state index >= 15 is 0 Å². The van der Waals surface area contributed by atoms with Gasteiger partial charge in [0.15, 0.2) is 11.8 Å². The van der Waals surface area contributed by atoms with Crippen molar-refractivity contribution in [1.29, 1.82) is 0 Å². The molecule has 8 heteroatoms. The highest BCUT2D eigenvalue weighted by Crippen LogP contribution is 2.29. The maximum atomic E-state index is 13.3. The number of nitrogens with one attached hydrogen (secondary N) is 2. The van der Waals surface area contributed by atoms with Gasteiger partial charge in [-0.2, -0.15) is 4.98 Å². The summed E-state index contributed by atoms with van der Waals surface area (Å²) in [5.41, 5.74) is 0.552. The number of hydrogen-bond acceptors (Lipinski definition) is 4. The van der Waals surface area contributed by atoms with Gasteiger partial charge in [-0.05, 0) is 24.6 Å². The molecule has 1 aromatic heterocycles. The molecule has 0 radical (unpaired) electrons. The Hall–Kier alpha value is -2.15. The molecule has 25 heavy (non-hydrogen) atoms. The van der Waals surface area contributed by atoms with Gasteiger partial charge in [0.1, 0.15) is 12.4 Å². The largest absolute Gasteiger partial charge is 0.357 e. The SMILES string of the molecule is CCNC(=NCc1noc(C)n1)NCC(C)(C)c1ccc(F)cc1Cl. The fourth-order valence-electron chi connectivity index (χ4n) is 2.34. The first-order valence-corrected chi connectivity index (χ1v) is 8.46. The lowest BCUT2D eigenvalue weighted by Gasteiger charge is -2.27. The lowest BCUT2D eigenvalue weighted by molar-refractivity contribution is 0.387. The van der Waals surface area contributed by atoms with Crippen molar-refractivity contribution >= 4 is 17.6 Å². The summed E-state index contributed by atoms with van der Waals surface area (Å²) in [4.78, 5) is 8.57. The van der Waals surface area contributed by atoms with Crippen LogP contribution in [0.4, 0.5) is 4.39 Å². The van der Waals surface area contributed by atoms with Crippen molar-refractivity contribution in [2.45, 2.75) is 39.7 Å². The molecule has 0 atom stereocenters. The molecule has 0 aliphatic carbocycles. The molecule has 2 rings (SSSR count). The van der Waals surface area contributed by atoms with Crippen molar-refractivity contribution in [1.82, 2.24) is 20.8 Å². The molecule has 0 aliphatic heterocycles. The number of hydrogen-bond donors (Lipinski definition) is 2. The topological polar surface area (TPSA) is 75.3 Å². The number of aliphatic imine (C=N–C) groups is 1. The molecule has 0 spiro atoms. The van der Waals surface area contributed by atoms with Crippen LogP contribution >= 0.6 is 11.6 Å². The van der Waals surface area contributed by atoms with Gasteiger partial charge in [0.2, 0.25) is 5.89 Å². The van der Waals surface area contributed by atoms with Crippen LogP contribution in [0.3, 0.4) is 0 Å². The molecule has 6 nitrogen and oxygen atoms in total. The molecule has 0 unspecified atom stereocenters. The molecule has 136 valence electrons. The normalized spacial score (nSPS) is 12.3. The highest BCUT2D eigenvalue weighted by molar-refractivity contribution is 6.31. The van der Waals surface area contributed by atoms with E-state index in [4.69, 9.17) is 16.1 Å². The van der Waals surface area contributed by atoms with Crippen molar-refractivity contribution in [2.75, 3.05) is 13.1 Å². The van der Waals surface area contributed by atoms with E-state index in [2.05, 4.69) is 25.8 Å². The van der Waals surface area contributed by atoms with Gasteiger partial charge in [0, 0.05) is 30.5 Å². The maximum Gasteiger partial charge on any atom is 0.223 e. The van der Waals surface area contributed by atoms with Crippen LogP contribution in [-0.2, 0) is 12.0 Å². The van der Waals surface area contributed by atoms with Crippen molar-refractivity contribution in [3.8, 4) is 0 Å². The van der Waals surface area contributed by atoms with Crippen LogP contribution in [0.2, 0.25) is 5.02 Å². The third kappa shape index (κ3) is 5.42. The van der Waals surface area contributed by atoms with Crippen molar-refractivity contribution in [3.63, 3.8) is 0 Å². The molecule has 0 amide bonds. The molecule has 0 saturated carbocycles. The minimum atomic E-state index is -0.345. The van der Waals surface area contributed by atoms with E-state index in [1.54, 1.807) is 13.0 Å². The minimum absolute atomic E-state index is 0.310. The summed E-state index contributed by atoms with van der Waals surface area (Å²) in [6, 6.07) is 4.46. The number of rotatable bonds is 6. The summed E-state index contributed by atoms with van der Waals surface area (Å²) in [6.45, 7) is 9.38. The number of aryl methyl sites for hydroxylation is 1. The van der Waals surface area contributed by atoms with Crippen LogP contribution < -0.4 is 10.6 Å². The highest BCUT2D eigenvalue weighted by Gasteiger charge is 2.24. The van der Waals surface area contributed by atoms with Crippen LogP contribution in [0.25, 0.3) is 0 Å². The number of guanidine groups is 1.